The van der Waals surface area contributed by atoms with Crippen molar-refractivity contribution in [2.75, 3.05) is 13.2 Å². The summed E-state index contributed by atoms with van der Waals surface area (Å²) in [5.41, 5.74) is 5.64. The summed E-state index contributed by atoms with van der Waals surface area (Å²) in [7, 11) is 0. The highest BCUT2D eigenvalue weighted by atomic mass is 16.9. The molecule has 1 spiro atoms. The van der Waals surface area contributed by atoms with Gasteiger partial charge in [0.05, 0.1) is 6.61 Å². The predicted molar refractivity (Wildman–Crippen MR) is 154 cm³/mol. The topological polar surface area (TPSA) is 107 Å². The van der Waals surface area contributed by atoms with Crippen LogP contribution in [0.4, 0.5) is 4.79 Å². The van der Waals surface area contributed by atoms with E-state index in [0.717, 1.165) is 27.8 Å². The number of rotatable bonds is 5. The van der Waals surface area contributed by atoms with Gasteiger partial charge < -0.3 is 29.4 Å². The molecule has 0 saturated carbocycles. The van der Waals surface area contributed by atoms with Gasteiger partial charge in [0.2, 0.25) is 5.79 Å². The minimum atomic E-state index is -1.50. The Bertz CT molecular complexity index is 1680. The number of aromatic hydroxyl groups is 1. The number of para-hydroxylation sites is 1. The first-order valence-electron chi connectivity index (χ1n) is 14.3. The van der Waals surface area contributed by atoms with Crippen molar-refractivity contribution >= 4 is 12.0 Å². The standard InChI is InChI=1S/C34H28N2O7/c37-27-17-9-8-16-25(27)31-36-28(19-40-31)34(42-32(43-34)20-10-2-1-3-11-20)29(30(36)38)35-33(39)41-18-26-23-14-6-4-12-21(23)22-13-5-7-15-24(22)26/h1-17,26,28-29,31-32,37H,18-19H2,(H,35,39). The number of nitrogens with zero attached hydrogens (tertiary/aromatic N) is 1. The van der Waals surface area contributed by atoms with Crippen LogP contribution in [0.1, 0.15) is 40.7 Å². The number of alkyl carbamates (subject to hydrolysis) is 1. The Morgan fingerprint density at radius 1 is 0.860 bits per heavy atom. The van der Waals surface area contributed by atoms with E-state index < -0.39 is 42.4 Å². The summed E-state index contributed by atoms with van der Waals surface area (Å²) in [6, 6.07) is 30.4. The molecule has 43 heavy (non-hydrogen) atoms. The van der Waals surface area contributed by atoms with Gasteiger partial charge in [-0.1, -0.05) is 97.1 Å². The van der Waals surface area contributed by atoms with E-state index in [1.165, 1.54) is 11.0 Å². The maximum absolute atomic E-state index is 14.0. The van der Waals surface area contributed by atoms with Crippen molar-refractivity contribution in [2.45, 2.75) is 36.3 Å². The van der Waals surface area contributed by atoms with Crippen LogP contribution in [0.3, 0.4) is 0 Å². The molecule has 3 unspecified atom stereocenters. The highest BCUT2D eigenvalue weighted by Crippen LogP contribution is 2.54. The number of phenols is 1. The molecule has 3 aliphatic heterocycles. The van der Waals surface area contributed by atoms with E-state index >= 15 is 0 Å². The Kier molecular flexibility index (Phi) is 6.01. The SMILES string of the molecule is O=C(NC1C(=O)N2C(c3ccccc3O)OCC2C12OC(c1ccccc1)O2)OCC1c2ccccc2-c2ccccc21. The normalized spacial score (nSPS) is 27.0. The molecule has 4 aliphatic rings. The molecule has 1 aliphatic carbocycles. The number of benzene rings is 4. The number of amides is 2. The molecule has 9 nitrogen and oxygen atoms in total. The van der Waals surface area contributed by atoms with Crippen molar-refractivity contribution in [3.63, 3.8) is 0 Å². The van der Waals surface area contributed by atoms with Crippen molar-refractivity contribution in [3.05, 3.63) is 125 Å². The summed E-state index contributed by atoms with van der Waals surface area (Å²) in [6.45, 7) is 0.189. The van der Waals surface area contributed by atoms with Gasteiger partial charge in [-0.15, -0.1) is 0 Å². The molecule has 216 valence electrons. The third-order valence-corrected chi connectivity index (χ3v) is 8.83. The van der Waals surface area contributed by atoms with Crippen LogP contribution in [0.15, 0.2) is 103 Å². The monoisotopic (exact) mass is 576 g/mol. The van der Waals surface area contributed by atoms with Crippen molar-refractivity contribution in [1.29, 1.82) is 0 Å². The van der Waals surface area contributed by atoms with Crippen molar-refractivity contribution in [1.82, 2.24) is 10.2 Å². The molecule has 2 N–H and O–H groups in total. The van der Waals surface area contributed by atoms with Crippen LogP contribution in [0.25, 0.3) is 11.1 Å². The van der Waals surface area contributed by atoms with Gasteiger partial charge in [0.1, 0.15) is 18.4 Å². The number of nitrogens with one attached hydrogen (secondary N) is 1. The van der Waals surface area contributed by atoms with Crippen LogP contribution in [-0.4, -0.2) is 53.1 Å². The van der Waals surface area contributed by atoms with Crippen LogP contribution in [0.2, 0.25) is 0 Å². The van der Waals surface area contributed by atoms with E-state index in [1.807, 2.05) is 66.7 Å². The number of fused-ring (bicyclic) bond motifs is 5. The van der Waals surface area contributed by atoms with E-state index in [1.54, 1.807) is 18.2 Å². The average molecular weight is 577 g/mol. The zero-order valence-corrected chi connectivity index (χ0v) is 23.0. The molecule has 3 saturated heterocycles. The van der Waals surface area contributed by atoms with Crippen LogP contribution in [0.5, 0.6) is 5.75 Å². The summed E-state index contributed by atoms with van der Waals surface area (Å²) in [5.74, 6) is -2.08. The Labute approximate surface area is 247 Å². The lowest BCUT2D eigenvalue weighted by Gasteiger charge is -2.49. The minimum absolute atomic E-state index is 0.000512. The zero-order valence-electron chi connectivity index (χ0n) is 23.0. The second kappa shape index (κ2) is 9.95. The van der Waals surface area contributed by atoms with E-state index in [2.05, 4.69) is 17.4 Å². The number of carbonyl (C=O) groups excluding carboxylic acids is 2. The lowest BCUT2D eigenvalue weighted by molar-refractivity contribution is -0.466. The number of hydrogen-bond acceptors (Lipinski definition) is 7. The van der Waals surface area contributed by atoms with Gasteiger partial charge in [0, 0.05) is 17.0 Å². The molecule has 8 rings (SSSR count). The van der Waals surface area contributed by atoms with Gasteiger partial charge >= 0.3 is 6.09 Å². The van der Waals surface area contributed by atoms with Gasteiger partial charge in [-0.2, -0.15) is 0 Å². The van der Waals surface area contributed by atoms with Crippen LogP contribution < -0.4 is 5.32 Å². The van der Waals surface area contributed by atoms with Crippen molar-refractivity contribution in [3.8, 4) is 16.9 Å². The lowest BCUT2D eigenvalue weighted by Crippen LogP contribution is -2.66. The first kappa shape index (κ1) is 26.0. The maximum Gasteiger partial charge on any atom is 0.407 e. The Morgan fingerprint density at radius 3 is 2.14 bits per heavy atom. The van der Waals surface area contributed by atoms with Crippen molar-refractivity contribution in [2.24, 2.45) is 0 Å². The molecular formula is C34H28N2O7. The van der Waals surface area contributed by atoms with Crippen LogP contribution in [-0.2, 0) is 23.7 Å². The number of hydrogen-bond donors (Lipinski definition) is 2. The summed E-state index contributed by atoms with van der Waals surface area (Å²) in [6.07, 6.45) is -2.34. The molecule has 0 bridgehead atoms. The van der Waals surface area contributed by atoms with E-state index in [0.29, 0.717) is 5.56 Å². The third kappa shape index (κ3) is 3.96. The summed E-state index contributed by atoms with van der Waals surface area (Å²) in [4.78, 5) is 28.8. The van der Waals surface area contributed by atoms with Crippen LogP contribution >= 0.6 is 0 Å². The van der Waals surface area contributed by atoms with Gasteiger partial charge in [-0.05, 0) is 28.3 Å². The quantitative estimate of drug-likeness (QED) is 0.345. The average Bonchev–Trinajstić information content (AvgIpc) is 3.66. The Hall–Kier alpha value is -4.70. The highest BCUT2D eigenvalue weighted by Gasteiger charge is 2.72. The summed E-state index contributed by atoms with van der Waals surface area (Å²) < 4.78 is 24.5. The minimum Gasteiger partial charge on any atom is -0.507 e. The third-order valence-electron chi connectivity index (χ3n) is 8.83. The van der Waals surface area contributed by atoms with Gasteiger partial charge in [0.25, 0.3) is 5.91 Å². The molecule has 3 heterocycles. The molecule has 2 amide bonds. The summed E-state index contributed by atoms with van der Waals surface area (Å²) >= 11 is 0. The molecule has 3 fully saturated rings. The fourth-order valence-electron chi connectivity index (χ4n) is 6.84. The van der Waals surface area contributed by atoms with Gasteiger partial charge in [-0.3, -0.25) is 9.69 Å². The molecule has 4 aromatic rings. The lowest BCUT2D eigenvalue weighted by atomic mass is 9.98. The second-order valence-electron chi connectivity index (χ2n) is 11.1. The maximum atomic E-state index is 14.0. The smallest absolute Gasteiger partial charge is 0.407 e. The second-order valence-corrected chi connectivity index (χ2v) is 11.1. The number of ether oxygens (including phenoxy) is 4. The Balaban J connectivity index is 1.05. The molecule has 0 aromatic heterocycles. The van der Waals surface area contributed by atoms with Crippen molar-refractivity contribution < 1.29 is 33.6 Å². The Morgan fingerprint density at radius 2 is 1.47 bits per heavy atom. The van der Waals surface area contributed by atoms with Gasteiger partial charge in [0.15, 0.2) is 18.6 Å². The summed E-state index contributed by atoms with van der Waals surface area (Å²) in [5, 5.41) is 13.3. The fourth-order valence-corrected chi connectivity index (χ4v) is 6.84. The highest BCUT2D eigenvalue weighted by molar-refractivity contribution is 5.90. The zero-order chi connectivity index (χ0) is 29.1. The molecule has 3 atom stereocenters. The van der Waals surface area contributed by atoms with Gasteiger partial charge in [-0.25, -0.2) is 4.79 Å². The molecule has 9 heteroatoms. The molecule has 0 radical (unpaired) electrons. The van der Waals surface area contributed by atoms with Crippen LogP contribution in [0, 0.1) is 0 Å². The fraction of sp³-hybridized carbons (Fsp3) is 0.235. The molecular weight excluding hydrogens is 548 g/mol. The number of carbonyl (C=O) groups is 2. The van der Waals surface area contributed by atoms with E-state index in [4.69, 9.17) is 18.9 Å². The largest absolute Gasteiger partial charge is 0.507 e. The van der Waals surface area contributed by atoms with E-state index in [9.17, 15) is 14.7 Å². The first-order valence-corrected chi connectivity index (χ1v) is 14.3. The number of phenolic OH excluding ortho intramolecular Hbond substituents is 1. The predicted octanol–water partition coefficient (Wildman–Crippen LogP) is 4.98. The first-order chi connectivity index (χ1) is 21.0. The molecule has 4 aromatic carbocycles. The van der Waals surface area contributed by atoms with E-state index in [-0.39, 0.29) is 24.9 Å².